The first-order chi connectivity index (χ1) is 7.60. The molecule has 0 bridgehead atoms. The second-order valence-electron chi connectivity index (χ2n) is 3.51. The summed E-state index contributed by atoms with van der Waals surface area (Å²) in [4.78, 5) is 16.2. The molecular weight excluding hydrogens is 206 g/mol. The van der Waals surface area contributed by atoms with Crippen molar-refractivity contribution in [2.75, 3.05) is 5.73 Å². The predicted molar refractivity (Wildman–Crippen MR) is 59.1 cm³/mol. The third-order valence-corrected chi connectivity index (χ3v) is 2.57. The van der Waals surface area contributed by atoms with Gasteiger partial charge in [-0.3, -0.25) is 9.89 Å². The Morgan fingerprint density at radius 2 is 2.31 bits per heavy atom. The van der Waals surface area contributed by atoms with Gasteiger partial charge in [-0.15, -0.1) is 0 Å². The number of nitrogens with zero attached hydrogens (tertiary/aromatic N) is 3. The van der Waals surface area contributed by atoms with Crippen molar-refractivity contribution >= 4 is 11.5 Å². The van der Waals surface area contributed by atoms with Crippen molar-refractivity contribution in [2.24, 2.45) is 0 Å². The van der Waals surface area contributed by atoms with Crippen LogP contribution in [0.2, 0.25) is 0 Å². The topological polar surface area (TPSA) is 100.0 Å². The van der Waals surface area contributed by atoms with E-state index in [9.17, 15) is 4.79 Å². The van der Waals surface area contributed by atoms with Crippen molar-refractivity contribution in [3.05, 3.63) is 27.2 Å². The molecule has 6 heteroatoms. The average molecular weight is 217 g/mol. The quantitative estimate of drug-likeness (QED) is 0.719. The van der Waals surface area contributed by atoms with E-state index in [2.05, 4.69) is 10.1 Å². The largest absolute Gasteiger partial charge is 0.383 e. The van der Waals surface area contributed by atoms with Crippen LogP contribution in [0.3, 0.4) is 0 Å². The number of anilines is 1. The van der Waals surface area contributed by atoms with Gasteiger partial charge in [-0.1, -0.05) is 6.92 Å². The van der Waals surface area contributed by atoms with Gasteiger partial charge in [0.15, 0.2) is 5.65 Å². The lowest BCUT2D eigenvalue weighted by Gasteiger charge is -2.01. The highest BCUT2D eigenvalue weighted by molar-refractivity contribution is 5.66. The maximum absolute atomic E-state index is 12.0. The van der Waals surface area contributed by atoms with E-state index in [1.165, 1.54) is 4.52 Å². The van der Waals surface area contributed by atoms with E-state index >= 15 is 0 Å². The van der Waals surface area contributed by atoms with Crippen LogP contribution in [0, 0.1) is 18.3 Å². The van der Waals surface area contributed by atoms with Gasteiger partial charge in [0.25, 0.3) is 5.56 Å². The zero-order valence-corrected chi connectivity index (χ0v) is 9.03. The van der Waals surface area contributed by atoms with Crippen LogP contribution >= 0.6 is 0 Å². The van der Waals surface area contributed by atoms with Crippen molar-refractivity contribution in [2.45, 2.75) is 20.3 Å². The summed E-state index contributed by atoms with van der Waals surface area (Å²) in [5.74, 6) is 0.166. The summed E-state index contributed by atoms with van der Waals surface area (Å²) >= 11 is 0. The Hall–Kier alpha value is -2.29. The van der Waals surface area contributed by atoms with E-state index in [4.69, 9.17) is 11.0 Å². The second kappa shape index (κ2) is 3.38. The molecule has 0 aromatic carbocycles. The van der Waals surface area contributed by atoms with Gasteiger partial charge in [0.05, 0.1) is 0 Å². The minimum absolute atomic E-state index is 0.166. The highest BCUT2D eigenvalue weighted by Gasteiger charge is 2.15. The summed E-state index contributed by atoms with van der Waals surface area (Å²) in [6.07, 6.45) is 0.599. The number of hydrogen-bond acceptors (Lipinski definition) is 4. The molecule has 0 atom stereocenters. The number of H-pyrrole nitrogens is 1. The van der Waals surface area contributed by atoms with Gasteiger partial charge in [-0.05, 0) is 13.3 Å². The van der Waals surface area contributed by atoms with Gasteiger partial charge >= 0.3 is 0 Å². The normalized spacial score (nSPS) is 10.6. The molecule has 0 aliphatic rings. The number of hydrogen-bond donors (Lipinski definition) is 2. The smallest absolute Gasteiger partial charge is 0.276 e. The van der Waals surface area contributed by atoms with E-state index < -0.39 is 0 Å². The SMILES string of the molecule is CCc1c(C)nc2c(C#N)c(N)[nH]n2c1=O. The van der Waals surface area contributed by atoms with E-state index in [0.29, 0.717) is 23.3 Å². The minimum atomic E-state index is -0.196. The van der Waals surface area contributed by atoms with Crippen molar-refractivity contribution < 1.29 is 0 Å². The molecule has 0 amide bonds. The number of nitrogens with two attached hydrogens (primary N) is 1. The Labute approximate surface area is 91.3 Å². The van der Waals surface area contributed by atoms with Gasteiger partial charge in [-0.25, -0.2) is 4.98 Å². The molecule has 2 aromatic rings. The minimum Gasteiger partial charge on any atom is -0.383 e. The van der Waals surface area contributed by atoms with Gasteiger partial charge in [0, 0.05) is 11.3 Å². The van der Waals surface area contributed by atoms with Crippen molar-refractivity contribution in [1.29, 1.82) is 5.26 Å². The number of nitrogen functional groups attached to an aromatic ring is 1. The van der Waals surface area contributed by atoms with Crippen molar-refractivity contribution in [3.63, 3.8) is 0 Å². The first-order valence-corrected chi connectivity index (χ1v) is 4.90. The lowest BCUT2D eigenvalue weighted by Crippen LogP contribution is -2.21. The first-order valence-electron chi connectivity index (χ1n) is 4.90. The Bertz CT molecular complexity index is 658. The molecule has 0 unspecified atom stereocenters. The first kappa shape index (κ1) is 10.2. The van der Waals surface area contributed by atoms with E-state index in [1.54, 1.807) is 6.92 Å². The maximum Gasteiger partial charge on any atom is 0.276 e. The summed E-state index contributed by atoms with van der Waals surface area (Å²) in [5, 5.41) is 11.6. The number of aromatic amines is 1. The lowest BCUT2D eigenvalue weighted by atomic mass is 10.2. The molecule has 0 aliphatic heterocycles. The Kier molecular flexibility index (Phi) is 2.16. The zero-order valence-electron chi connectivity index (χ0n) is 9.03. The summed E-state index contributed by atoms with van der Waals surface area (Å²) < 4.78 is 1.22. The summed E-state index contributed by atoms with van der Waals surface area (Å²) in [7, 11) is 0. The van der Waals surface area contributed by atoms with Gasteiger partial charge in [0.2, 0.25) is 0 Å². The summed E-state index contributed by atoms with van der Waals surface area (Å²) in [6, 6.07) is 1.93. The lowest BCUT2D eigenvalue weighted by molar-refractivity contribution is 0.856. The van der Waals surface area contributed by atoms with Crippen LogP contribution in [-0.4, -0.2) is 14.6 Å². The van der Waals surface area contributed by atoms with Crippen LogP contribution in [0.25, 0.3) is 5.65 Å². The number of nitrogens with one attached hydrogen (secondary N) is 1. The molecule has 6 nitrogen and oxygen atoms in total. The number of fused-ring (bicyclic) bond motifs is 1. The number of nitriles is 1. The van der Waals surface area contributed by atoms with Crippen LogP contribution < -0.4 is 11.3 Å². The molecule has 82 valence electrons. The summed E-state index contributed by atoms with van der Waals surface area (Å²) in [6.45, 7) is 3.64. The molecule has 2 rings (SSSR count). The number of rotatable bonds is 1. The molecule has 16 heavy (non-hydrogen) atoms. The van der Waals surface area contributed by atoms with E-state index in [0.717, 1.165) is 0 Å². The fourth-order valence-electron chi connectivity index (χ4n) is 1.75. The molecule has 0 saturated carbocycles. The Morgan fingerprint density at radius 3 is 2.88 bits per heavy atom. The fourth-order valence-corrected chi connectivity index (χ4v) is 1.75. The monoisotopic (exact) mass is 217 g/mol. The highest BCUT2D eigenvalue weighted by Crippen LogP contribution is 2.14. The van der Waals surface area contributed by atoms with E-state index in [-0.39, 0.29) is 16.9 Å². The van der Waals surface area contributed by atoms with Crippen molar-refractivity contribution in [3.8, 4) is 6.07 Å². The summed E-state index contributed by atoms with van der Waals surface area (Å²) in [5.41, 5.74) is 7.17. The van der Waals surface area contributed by atoms with Crippen LogP contribution in [0.15, 0.2) is 4.79 Å². The van der Waals surface area contributed by atoms with Crippen LogP contribution in [-0.2, 0) is 6.42 Å². The predicted octanol–water partition coefficient (Wildman–Crippen LogP) is 0.347. The van der Waals surface area contributed by atoms with Gasteiger partial charge in [0.1, 0.15) is 17.5 Å². The Balaban J connectivity index is 3.00. The third kappa shape index (κ3) is 1.18. The molecule has 0 saturated heterocycles. The fraction of sp³-hybridized carbons (Fsp3) is 0.300. The van der Waals surface area contributed by atoms with Crippen LogP contribution in [0.1, 0.15) is 23.7 Å². The average Bonchev–Trinajstić information content (AvgIpc) is 2.55. The van der Waals surface area contributed by atoms with Crippen LogP contribution in [0.4, 0.5) is 5.82 Å². The van der Waals surface area contributed by atoms with Crippen molar-refractivity contribution in [1.82, 2.24) is 14.6 Å². The van der Waals surface area contributed by atoms with Gasteiger partial charge in [-0.2, -0.15) is 9.78 Å². The molecule has 2 aromatic heterocycles. The standard InChI is InChI=1S/C10H11N5O/c1-3-6-5(2)13-9-7(4-11)8(12)14-15(9)10(6)16/h14H,3,12H2,1-2H3. The third-order valence-electron chi connectivity index (χ3n) is 2.57. The number of aryl methyl sites for hydroxylation is 1. The molecule has 0 radical (unpaired) electrons. The highest BCUT2D eigenvalue weighted by atomic mass is 16.1. The van der Waals surface area contributed by atoms with Gasteiger partial charge < -0.3 is 5.73 Å². The zero-order chi connectivity index (χ0) is 11.9. The Morgan fingerprint density at radius 1 is 1.62 bits per heavy atom. The van der Waals surface area contributed by atoms with E-state index in [1.807, 2.05) is 13.0 Å². The second-order valence-corrected chi connectivity index (χ2v) is 3.51. The molecule has 3 N–H and O–H groups in total. The molecule has 0 aliphatic carbocycles. The maximum atomic E-state index is 12.0. The molecule has 0 fully saturated rings. The van der Waals surface area contributed by atoms with Crippen LogP contribution in [0.5, 0.6) is 0 Å². The molecule has 2 heterocycles. The molecule has 0 spiro atoms. The molecular formula is C10H11N5O. The number of aromatic nitrogens is 3.